The molecule has 2 fully saturated rings. The van der Waals surface area contributed by atoms with E-state index in [1.165, 1.54) is 12.1 Å². The van der Waals surface area contributed by atoms with Gasteiger partial charge in [-0.3, -0.25) is 19.9 Å². The number of urea groups is 1. The van der Waals surface area contributed by atoms with Crippen LogP contribution in [-0.4, -0.2) is 52.4 Å². The van der Waals surface area contributed by atoms with Crippen molar-refractivity contribution in [2.45, 2.75) is 38.6 Å². The molecule has 3 amide bonds. The third kappa shape index (κ3) is 5.62. The predicted molar refractivity (Wildman–Crippen MR) is 126 cm³/mol. The SMILES string of the molecule is O=C1CCN(c2cnn3ccc(CC4CCN(Cc5cccc(OC(F)(F)F)c5)CC4)cc23)C(=O)N1. The molecule has 0 bridgehead atoms. The standard InChI is InChI=1S/C25H26F3N5O3/c26-25(27,28)36-20-3-1-2-19(13-20)16-31-8-4-17(5-9-31)12-18-6-11-33-21(14-18)22(15-29-33)32-10-7-23(34)30-24(32)35/h1-3,6,11,13-15,17H,4-5,7-10,12,16H2,(H,30,34,35). The van der Waals surface area contributed by atoms with Crippen LogP contribution in [0.2, 0.25) is 0 Å². The van der Waals surface area contributed by atoms with Gasteiger partial charge >= 0.3 is 12.4 Å². The second-order valence-electron chi connectivity index (χ2n) is 9.27. The van der Waals surface area contributed by atoms with Crippen LogP contribution >= 0.6 is 0 Å². The highest BCUT2D eigenvalue weighted by molar-refractivity contribution is 6.07. The summed E-state index contributed by atoms with van der Waals surface area (Å²) in [5.74, 6) is 0.00567. The van der Waals surface area contributed by atoms with E-state index in [1.807, 2.05) is 24.4 Å². The van der Waals surface area contributed by atoms with E-state index in [-0.39, 0.29) is 18.1 Å². The maximum absolute atomic E-state index is 12.5. The molecule has 8 nitrogen and oxygen atoms in total. The topological polar surface area (TPSA) is 79.2 Å². The molecular weight excluding hydrogens is 475 g/mol. The van der Waals surface area contributed by atoms with E-state index in [0.717, 1.165) is 49.0 Å². The Morgan fingerprint density at radius 1 is 1.06 bits per heavy atom. The molecule has 0 saturated carbocycles. The van der Waals surface area contributed by atoms with Crippen LogP contribution < -0.4 is 15.0 Å². The van der Waals surface area contributed by atoms with Crippen molar-refractivity contribution in [3.8, 4) is 5.75 Å². The number of halogens is 3. The number of ether oxygens (including phenoxy) is 1. The third-order valence-electron chi connectivity index (χ3n) is 6.68. The summed E-state index contributed by atoms with van der Waals surface area (Å²) in [6, 6.07) is 9.78. The first kappa shape index (κ1) is 24.1. The number of benzene rings is 1. The number of hydrogen-bond donors (Lipinski definition) is 1. The molecule has 0 aliphatic carbocycles. The number of alkyl halides is 3. The molecule has 0 spiro atoms. The van der Waals surface area contributed by atoms with Crippen molar-refractivity contribution in [3.05, 3.63) is 59.9 Å². The summed E-state index contributed by atoms with van der Waals surface area (Å²) < 4.78 is 43.3. The number of imide groups is 1. The highest BCUT2D eigenvalue weighted by Crippen LogP contribution is 2.28. The highest BCUT2D eigenvalue weighted by Gasteiger charge is 2.31. The Labute approximate surface area is 205 Å². The number of likely N-dealkylation sites (tertiary alicyclic amines) is 1. The smallest absolute Gasteiger partial charge is 0.406 e. The molecule has 2 aliphatic heterocycles. The molecule has 2 aromatic heterocycles. The summed E-state index contributed by atoms with van der Waals surface area (Å²) in [4.78, 5) is 27.6. The third-order valence-corrected chi connectivity index (χ3v) is 6.68. The predicted octanol–water partition coefficient (Wildman–Crippen LogP) is 4.13. The molecule has 0 atom stereocenters. The summed E-state index contributed by atoms with van der Waals surface area (Å²) in [5.41, 5.74) is 3.43. The number of nitrogens with zero attached hydrogens (tertiary/aromatic N) is 4. The Morgan fingerprint density at radius 2 is 1.86 bits per heavy atom. The molecule has 1 aromatic carbocycles. The van der Waals surface area contributed by atoms with Crippen molar-refractivity contribution < 1.29 is 27.5 Å². The Kier molecular flexibility index (Phi) is 6.57. The summed E-state index contributed by atoms with van der Waals surface area (Å²) >= 11 is 0. The number of carbonyl (C=O) groups is 2. The molecule has 2 saturated heterocycles. The van der Waals surface area contributed by atoms with Gasteiger partial charge in [0.15, 0.2) is 0 Å². The Hall–Kier alpha value is -3.60. The fraction of sp³-hybridized carbons (Fsp3) is 0.400. The van der Waals surface area contributed by atoms with Crippen molar-refractivity contribution in [1.29, 1.82) is 0 Å². The molecular formula is C25H26F3N5O3. The van der Waals surface area contributed by atoms with E-state index in [9.17, 15) is 22.8 Å². The minimum atomic E-state index is -4.70. The zero-order valence-electron chi connectivity index (χ0n) is 19.5. The van der Waals surface area contributed by atoms with E-state index >= 15 is 0 Å². The van der Waals surface area contributed by atoms with Crippen molar-refractivity contribution in [2.24, 2.45) is 5.92 Å². The van der Waals surface area contributed by atoms with Crippen molar-refractivity contribution >= 4 is 23.1 Å². The van der Waals surface area contributed by atoms with Gasteiger partial charge in [-0.1, -0.05) is 12.1 Å². The number of fused-ring (bicyclic) bond motifs is 1. The van der Waals surface area contributed by atoms with Crippen LogP contribution in [-0.2, 0) is 17.8 Å². The number of anilines is 1. The van der Waals surface area contributed by atoms with Gasteiger partial charge in [0, 0.05) is 25.7 Å². The van der Waals surface area contributed by atoms with Gasteiger partial charge < -0.3 is 4.74 Å². The van der Waals surface area contributed by atoms with E-state index < -0.39 is 12.4 Å². The van der Waals surface area contributed by atoms with E-state index in [2.05, 4.69) is 20.1 Å². The minimum Gasteiger partial charge on any atom is -0.406 e. The molecule has 0 radical (unpaired) electrons. The second-order valence-corrected chi connectivity index (χ2v) is 9.27. The Bertz CT molecular complexity index is 1270. The van der Waals surface area contributed by atoms with Crippen LogP contribution in [0, 0.1) is 5.92 Å². The molecule has 1 N–H and O–H groups in total. The van der Waals surface area contributed by atoms with Gasteiger partial charge in [-0.25, -0.2) is 9.31 Å². The lowest BCUT2D eigenvalue weighted by Crippen LogP contribution is -2.49. The largest absolute Gasteiger partial charge is 0.573 e. The van der Waals surface area contributed by atoms with Crippen molar-refractivity contribution in [1.82, 2.24) is 19.8 Å². The van der Waals surface area contributed by atoms with Gasteiger partial charge in [-0.2, -0.15) is 5.10 Å². The number of carbonyl (C=O) groups excluding carboxylic acids is 2. The molecule has 3 aromatic rings. The number of nitrogens with one attached hydrogen (secondary N) is 1. The van der Waals surface area contributed by atoms with Gasteiger partial charge in [0.05, 0.1) is 17.4 Å². The van der Waals surface area contributed by atoms with Crippen LogP contribution in [0.3, 0.4) is 0 Å². The summed E-state index contributed by atoms with van der Waals surface area (Å²) in [6.45, 7) is 2.61. The summed E-state index contributed by atoms with van der Waals surface area (Å²) in [5, 5.41) is 6.69. The molecule has 2 aliphatic rings. The molecule has 4 heterocycles. The number of hydrogen-bond acceptors (Lipinski definition) is 5. The normalized spacial score (nSPS) is 18.0. The maximum atomic E-state index is 12.5. The average Bonchev–Trinajstić information content (AvgIpc) is 3.23. The van der Waals surface area contributed by atoms with Crippen LogP contribution in [0.15, 0.2) is 48.8 Å². The molecule has 0 unspecified atom stereocenters. The first-order chi connectivity index (χ1) is 17.2. The van der Waals surface area contributed by atoms with E-state index in [1.54, 1.807) is 21.7 Å². The molecule has 5 rings (SSSR count). The number of amides is 3. The Balaban J connectivity index is 1.19. The quantitative estimate of drug-likeness (QED) is 0.550. The van der Waals surface area contributed by atoms with Gasteiger partial charge in [0.25, 0.3) is 0 Å². The van der Waals surface area contributed by atoms with Crippen molar-refractivity contribution in [3.63, 3.8) is 0 Å². The van der Waals surface area contributed by atoms with E-state index in [4.69, 9.17) is 0 Å². The van der Waals surface area contributed by atoms with Gasteiger partial charge in [0.1, 0.15) is 5.75 Å². The van der Waals surface area contributed by atoms with Crippen LogP contribution in [0.25, 0.3) is 5.52 Å². The van der Waals surface area contributed by atoms with Crippen LogP contribution in [0.5, 0.6) is 5.75 Å². The minimum absolute atomic E-state index is 0.196. The van der Waals surface area contributed by atoms with Gasteiger partial charge in [-0.15, -0.1) is 13.2 Å². The lowest BCUT2D eigenvalue weighted by Gasteiger charge is -2.32. The number of piperidine rings is 1. The van der Waals surface area contributed by atoms with Gasteiger partial charge in [-0.05, 0) is 73.7 Å². The van der Waals surface area contributed by atoms with Crippen LogP contribution in [0.1, 0.15) is 30.4 Å². The number of pyridine rings is 1. The van der Waals surface area contributed by atoms with Crippen molar-refractivity contribution in [2.75, 3.05) is 24.5 Å². The molecule has 36 heavy (non-hydrogen) atoms. The van der Waals surface area contributed by atoms with E-state index in [0.29, 0.717) is 24.7 Å². The lowest BCUT2D eigenvalue weighted by molar-refractivity contribution is -0.274. The average molecular weight is 502 g/mol. The number of aromatic nitrogens is 2. The Morgan fingerprint density at radius 3 is 2.61 bits per heavy atom. The van der Waals surface area contributed by atoms with Crippen LogP contribution in [0.4, 0.5) is 23.7 Å². The highest BCUT2D eigenvalue weighted by atomic mass is 19.4. The fourth-order valence-electron chi connectivity index (χ4n) is 4.92. The van der Waals surface area contributed by atoms with Gasteiger partial charge in [0.2, 0.25) is 5.91 Å². The summed E-state index contributed by atoms with van der Waals surface area (Å²) in [7, 11) is 0. The monoisotopic (exact) mass is 501 g/mol. The zero-order chi connectivity index (χ0) is 25.3. The maximum Gasteiger partial charge on any atom is 0.573 e. The first-order valence-corrected chi connectivity index (χ1v) is 11.9. The first-order valence-electron chi connectivity index (χ1n) is 11.9. The lowest BCUT2D eigenvalue weighted by atomic mass is 9.90. The molecule has 11 heteroatoms. The fourth-order valence-corrected chi connectivity index (χ4v) is 4.92. The summed E-state index contributed by atoms with van der Waals surface area (Å²) in [6.07, 6.45) is 1.92. The number of rotatable bonds is 6. The molecule has 190 valence electrons. The zero-order valence-corrected chi connectivity index (χ0v) is 19.5. The second kappa shape index (κ2) is 9.81.